The van der Waals surface area contributed by atoms with Crippen LogP contribution in [-0.2, 0) is 4.57 Å². The summed E-state index contributed by atoms with van der Waals surface area (Å²) in [6.45, 7) is 0. The lowest BCUT2D eigenvalue weighted by atomic mass is 10.5. The molecule has 0 bridgehead atoms. The van der Waals surface area contributed by atoms with Crippen LogP contribution in [0.4, 0.5) is 0 Å². The van der Waals surface area contributed by atoms with E-state index in [1.165, 1.54) is 24.5 Å². The predicted molar refractivity (Wildman–Crippen MR) is 31.9 cm³/mol. The number of rotatable bonds is 1. The van der Waals surface area contributed by atoms with E-state index in [0.717, 1.165) is 4.34 Å². The summed E-state index contributed by atoms with van der Waals surface area (Å²) in [5.41, 5.74) is 0. The second-order valence-corrected chi connectivity index (χ2v) is 3.19. The molecule has 54 valence electrons. The molecular formula is C5H6NO3P. The van der Waals surface area contributed by atoms with Crippen molar-refractivity contribution in [1.82, 2.24) is 0 Å². The molecular weight excluding hydrogens is 153 g/mol. The van der Waals surface area contributed by atoms with Crippen molar-refractivity contribution in [3.63, 3.8) is 0 Å². The Hall–Kier alpha value is -0.700. The van der Waals surface area contributed by atoms with E-state index >= 15 is 0 Å². The second-order valence-electron chi connectivity index (χ2n) is 1.75. The fraction of sp³-hybridized carbons (Fsp3) is 0. The van der Waals surface area contributed by atoms with Gasteiger partial charge in [-0.1, -0.05) is 6.07 Å². The van der Waals surface area contributed by atoms with Crippen molar-refractivity contribution >= 4 is 7.75 Å². The normalized spacial score (nSPS) is 16.2. The molecule has 1 rings (SSSR count). The molecule has 1 atom stereocenters. The molecule has 0 spiro atoms. The van der Waals surface area contributed by atoms with E-state index in [4.69, 9.17) is 4.89 Å². The monoisotopic (exact) mass is 159 g/mol. The number of pyridine rings is 1. The topological polar surface area (TPSA) is 64.2 Å². The van der Waals surface area contributed by atoms with Crippen LogP contribution in [0.5, 0.6) is 0 Å². The Morgan fingerprint density at radius 1 is 1.30 bits per heavy atom. The maximum absolute atomic E-state index is 10.4. The van der Waals surface area contributed by atoms with E-state index < -0.39 is 7.75 Å². The summed E-state index contributed by atoms with van der Waals surface area (Å²) in [5.74, 6) is 0. The molecule has 0 saturated carbocycles. The Balaban J connectivity index is 3.09. The largest absolute Gasteiger partial charge is 0.722 e. The van der Waals surface area contributed by atoms with E-state index in [-0.39, 0.29) is 0 Å². The zero-order chi connectivity index (χ0) is 7.61. The van der Waals surface area contributed by atoms with Crippen LogP contribution in [0, 0.1) is 0 Å². The fourth-order valence-electron chi connectivity index (χ4n) is 0.558. The number of hydrogen-bond donors (Lipinski definition) is 1. The highest BCUT2D eigenvalue weighted by molar-refractivity contribution is 7.42. The first-order chi connectivity index (χ1) is 4.61. The van der Waals surface area contributed by atoms with Crippen molar-refractivity contribution in [2.24, 2.45) is 0 Å². The van der Waals surface area contributed by atoms with Crippen molar-refractivity contribution in [3.05, 3.63) is 30.6 Å². The minimum Gasteiger partial charge on any atom is -0.722 e. The SMILES string of the molecule is O=P([O-])(O)[n+]1ccccc1. The second kappa shape index (κ2) is 2.50. The molecule has 5 heteroatoms. The molecule has 0 aliphatic rings. The highest BCUT2D eigenvalue weighted by Crippen LogP contribution is 2.19. The Labute approximate surface area is 58.0 Å². The lowest BCUT2D eigenvalue weighted by molar-refractivity contribution is -0.572. The van der Waals surface area contributed by atoms with Gasteiger partial charge in [0.1, 0.15) is 0 Å². The van der Waals surface area contributed by atoms with Crippen molar-refractivity contribution in [2.75, 3.05) is 0 Å². The molecule has 1 N–H and O–H groups in total. The van der Waals surface area contributed by atoms with Gasteiger partial charge in [0.05, 0.1) is 0 Å². The fourth-order valence-corrected chi connectivity index (χ4v) is 1.05. The maximum Gasteiger partial charge on any atom is 0.405 e. The van der Waals surface area contributed by atoms with Gasteiger partial charge in [0.15, 0.2) is 12.4 Å². The third-order valence-electron chi connectivity index (χ3n) is 0.992. The van der Waals surface area contributed by atoms with Crippen LogP contribution < -0.4 is 9.23 Å². The van der Waals surface area contributed by atoms with Gasteiger partial charge in [-0.2, -0.15) is 4.34 Å². The van der Waals surface area contributed by atoms with Crippen LogP contribution in [0.3, 0.4) is 0 Å². The summed E-state index contributed by atoms with van der Waals surface area (Å²) < 4.78 is 11.1. The maximum atomic E-state index is 10.4. The minimum absolute atomic E-state index is 0.743. The Kier molecular flexibility index (Phi) is 1.85. The summed E-state index contributed by atoms with van der Waals surface area (Å²) in [4.78, 5) is 18.8. The van der Waals surface area contributed by atoms with Gasteiger partial charge in [-0.05, 0) is 0 Å². The zero-order valence-electron chi connectivity index (χ0n) is 5.04. The number of aromatic nitrogens is 1. The Morgan fingerprint density at radius 3 is 2.10 bits per heavy atom. The van der Waals surface area contributed by atoms with Crippen LogP contribution in [0.2, 0.25) is 0 Å². The first-order valence-electron chi connectivity index (χ1n) is 2.61. The third-order valence-corrected chi connectivity index (χ3v) is 1.84. The average Bonchev–Trinajstić information content (AvgIpc) is 1.88. The number of hydrogen-bond acceptors (Lipinski definition) is 2. The van der Waals surface area contributed by atoms with Gasteiger partial charge in [-0.25, -0.2) is 4.57 Å². The lowest BCUT2D eigenvalue weighted by Gasteiger charge is -2.06. The highest BCUT2D eigenvalue weighted by atomic mass is 31.2. The van der Waals surface area contributed by atoms with Gasteiger partial charge in [0, 0.05) is 12.1 Å². The molecule has 0 fully saturated rings. The molecule has 1 aromatic rings. The Morgan fingerprint density at radius 2 is 1.80 bits per heavy atom. The lowest BCUT2D eigenvalue weighted by Crippen LogP contribution is -2.35. The molecule has 0 amide bonds. The van der Waals surface area contributed by atoms with Gasteiger partial charge >= 0.3 is 7.75 Å². The average molecular weight is 159 g/mol. The Bertz CT molecular complexity index is 255. The molecule has 10 heavy (non-hydrogen) atoms. The standard InChI is InChI=1S/C5H6NO3P/c7-10(8,9)6-4-2-1-3-5-6/h1-5H,(H-,7,8,9). The quantitative estimate of drug-likeness (QED) is 0.550. The smallest absolute Gasteiger partial charge is 0.405 e. The van der Waals surface area contributed by atoms with E-state index in [9.17, 15) is 9.46 Å². The summed E-state index contributed by atoms with van der Waals surface area (Å²) in [5, 5.41) is 0. The van der Waals surface area contributed by atoms with Gasteiger partial charge < -0.3 is 9.79 Å². The van der Waals surface area contributed by atoms with E-state index in [0.29, 0.717) is 0 Å². The summed E-state index contributed by atoms with van der Waals surface area (Å²) >= 11 is 0. The third kappa shape index (κ3) is 1.64. The molecule has 1 unspecified atom stereocenters. The van der Waals surface area contributed by atoms with Crippen LogP contribution in [0.25, 0.3) is 0 Å². The predicted octanol–water partition coefficient (Wildman–Crippen LogP) is -0.717. The zero-order valence-corrected chi connectivity index (χ0v) is 5.94. The molecule has 4 nitrogen and oxygen atoms in total. The van der Waals surface area contributed by atoms with Crippen LogP contribution in [0.1, 0.15) is 0 Å². The summed E-state index contributed by atoms with van der Waals surface area (Å²) in [7, 11) is -4.35. The first-order valence-corrected chi connectivity index (χ1v) is 4.15. The highest BCUT2D eigenvalue weighted by Gasteiger charge is 2.12. The molecule has 1 aromatic heterocycles. The first kappa shape index (κ1) is 7.41. The summed E-state index contributed by atoms with van der Waals surface area (Å²) in [6, 6.07) is 4.69. The van der Waals surface area contributed by atoms with E-state index in [1.54, 1.807) is 6.07 Å². The summed E-state index contributed by atoms with van der Waals surface area (Å²) in [6.07, 6.45) is 2.52. The van der Waals surface area contributed by atoms with Crippen LogP contribution >= 0.6 is 7.75 Å². The molecule has 1 heterocycles. The molecule has 0 aromatic carbocycles. The minimum atomic E-state index is -4.35. The molecule has 0 saturated heterocycles. The van der Waals surface area contributed by atoms with Crippen molar-refractivity contribution in [1.29, 1.82) is 0 Å². The van der Waals surface area contributed by atoms with Crippen molar-refractivity contribution < 1.29 is 18.7 Å². The van der Waals surface area contributed by atoms with Gasteiger partial charge in [-0.3, -0.25) is 0 Å². The number of nitrogens with zero attached hydrogens (tertiary/aromatic N) is 1. The molecule has 0 radical (unpaired) electrons. The molecule has 0 aliphatic heterocycles. The van der Waals surface area contributed by atoms with Crippen LogP contribution in [-0.4, -0.2) is 4.89 Å². The molecule has 0 aliphatic carbocycles. The van der Waals surface area contributed by atoms with E-state index in [2.05, 4.69) is 0 Å². The van der Waals surface area contributed by atoms with Gasteiger partial charge in [0.25, 0.3) is 0 Å². The van der Waals surface area contributed by atoms with Crippen molar-refractivity contribution in [3.8, 4) is 0 Å². The van der Waals surface area contributed by atoms with E-state index in [1.807, 2.05) is 0 Å². The van der Waals surface area contributed by atoms with Gasteiger partial charge in [0.2, 0.25) is 0 Å². The van der Waals surface area contributed by atoms with Gasteiger partial charge in [-0.15, -0.1) is 0 Å². The van der Waals surface area contributed by atoms with Crippen LogP contribution in [0.15, 0.2) is 30.6 Å². The van der Waals surface area contributed by atoms with Crippen molar-refractivity contribution in [2.45, 2.75) is 0 Å².